The lowest BCUT2D eigenvalue weighted by Crippen LogP contribution is -2.50. The molecule has 0 aromatic heterocycles. The van der Waals surface area contributed by atoms with Gasteiger partial charge in [-0.1, -0.05) is 15.9 Å². The Labute approximate surface area is 140 Å². The molecule has 0 atom stereocenters. The Balaban J connectivity index is 2.68. The van der Waals surface area contributed by atoms with Crippen LogP contribution in [0.25, 0.3) is 0 Å². The molecule has 2 rings (SSSR count). The first-order valence-corrected chi connectivity index (χ1v) is 6.76. The predicted octanol–water partition coefficient (Wildman–Crippen LogP) is 3.51. The molecule has 20 heavy (non-hydrogen) atoms. The van der Waals surface area contributed by atoms with Crippen LogP contribution in [0, 0.1) is 0 Å². The van der Waals surface area contributed by atoms with Crippen molar-refractivity contribution < 1.29 is 20.5 Å². The molecule has 4 nitrogen and oxygen atoms in total. The minimum atomic E-state index is -3.27. The smallest absolute Gasteiger partial charge is 0.410 e. The third-order valence-corrected chi connectivity index (χ3v) is 2.74. The second-order valence-electron chi connectivity index (χ2n) is 5.07. The van der Waals surface area contributed by atoms with E-state index in [9.17, 15) is 4.79 Å². The Morgan fingerprint density at radius 3 is 2.25 bits per heavy atom. The maximum Gasteiger partial charge on any atom is 0.410 e. The number of hydrogen-bond acceptors (Lipinski definition) is 3. The van der Waals surface area contributed by atoms with Crippen LogP contribution in [0.5, 0.6) is 0 Å². The molecule has 1 aromatic rings. The maximum atomic E-state index is 12.6. The maximum absolute atomic E-state index is 12.6. The second kappa shape index (κ2) is 6.04. The lowest BCUT2D eigenvalue weighted by atomic mass is 10.2. The van der Waals surface area contributed by atoms with Crippen LogP contribution in [-0.2, 0) is 4.74 Å². The molecule has 1 heterocycles. The quantitative estimate of drug-likeness (QED) is 0.778. The van der Waals surface area contributed by atoms with E-state index >= 15 is 0 Å². The lowest BCUT2D eigenvalue weighted by Gasteiger charge is -2.36. The topological polar surface area (TPSA) is 32.8 Å². The highest BCUT2D eigenvalue weighted by Gasteiger charge is 2.25. The fourth-order valence-electron chi connectivity index (χ4n) is 1.37. The Hall–Kier alpha value is -1.23. The number of rotatable bonds is 1. The van der Waals surface area contributed by atoms with E-state index < -0.39 is 37.7 Å². The number of amides is 1. The fraction of sp³-hybridized carbons (Fsp3) is 0.533. The number of anilines is 1. The summed E-state index contributed by atoms with van der Waals surface area (Å²) in [4.78, 5) is 12.8. The van der Waals surface area contributed by atoms with Gasteiger partial charge in [0.25, 0.3) is 0 Å². The van der Waals surface area contributed by atoms with Crippen molar-refractivity contribution in [2.75, 3.05) is 30.9 Å². The minimum Gasteiger partial charge on any atom is -0.444 e. The monoisotopic (exact) mass is 348 g/mol. The Morgan fingerprint density at radius 2 is 1.75 bits per heavy atom. The van der Waals surface area contributed by atoms with Gasteiger partial charge in [0.1, 0.15) is 5.60 Å². The number of ether oxygens (including phenoxy) is 1. The molecule has 1 amide bonds. The van der Waals surface area contributed by atoms with E-state index in [4.69, 9.17) is 15.7 Å². The predicted molar refractivity (Wildman–Crippen MR) is 84.2 cm³/mol. The van der Waals surface area contributed by atoms with Gasteiger partial charge in [-0.05, 0) is 45.0 Å². The van der Waals surface area contributed by atoms with Crippen LogP contribution in [-0.4, -0.2) is 42.6 Å². The molecule has 1 fully saturated rings. The summed E-state index contributed by atoms with van der Waals surface area (Å²) in [7, 11) is 0. The number of halogens is 1. The first-order chi connectivity index (χ1) is 12.4. The molecule has 0 N–H and O–H groups in total. The normalized spacial score (nSPS) is 32.2. The highest BCUT2D eigenvalue weighted by molar-refractivity contribution is 9.10. The van der Waals surface area contributed by atoms with Crippen LogP contribution in [0.15, 0.2) is 28.7 Å². The highest BCUT2D eigenvalue weighted by atomic mass is 79.9. The zero-order valence-corrected chi connectivity index (χ0v) is 13.0. The van der Waals surface area contributed by atoms with Crippen LogP contribution in [0.4, 0.5) is 10.5 Å². The number of nitrogens with zero attached hydrogens (tertiary/aromatic N) is 2. The molecule has 0 aliphatic carbocycles. The van der Waals surface area contributed by atoms with Crippen LogP contribution in [0.2, 0.25) is 0 Å². The molecule has 1 aromatic carbocycles. The molecular formula is C15H21BrN2O2. The Kier molecular flexibility index (Phi) is 2.32. The first kappa shape index (κ1) is 7.69. The van der Waals surface area contributed by atoms with E-state index in [0.717, 1.165) is 0 Å². The summed E-state index contributed by atoms with van der Waals surface area (Å²) in [5.41, 5.74) is -1.21. The Morgan fingerprint density at radius 1 is 1.20 bits per heavy atom. The average molecular weight is 349 g/mol. The molecule has 0 radical (unpaired) electrons. The molecule has 0 bridgehead atoms. The number of carbonyl (C=O) groups excluding carboxylic acids is 1. The van der Waals surface area contributed by atoms with Crippen molar-refractivity contribution in [3.05, 3.63) is 28.7 Å². The van der Waals surface area contributed by atoms with E-state index in [1.807, 2.05) is 0 Å². The zero-order valence-electron chi connectivity index (χ0n) is 19.4. The van der Waals surface area contributed by atoms with Crippen molar-refractivity contribution in [3.63, 3.8) is 0 Å². The summed E-state index contributed by atoms with van der Waals surface area (Å²) in [5, 5.41) is 0. The second-order valence-corrected chi connectivity index (χ2v) is 5.99. The molecule has 110 valence electrons. The summed E-state index contributed by atoms with van der Waals surface area (Å²) in [6, 6.07) is 5.64. The third kappa shape index (κ3) is 4.13. The molecule has 0 saturated carbocycles. The summed E-state index contributed by atoms with van der Waals surface area (Å²) in [5.74, 6) is 0. The third-order valence-electron chi connectivity index (χ3n) is 2.21. The van der Waals surface area contributed by atoms with Gasteiger partial charge in [0, 0.05) is 36.1 Å². The number of benzene rings is 1. The fourth-order valence-corrected chi connectivity index (χ4v) is 1.64. The van der Waals surface area contributed by atoms with Crippen LogP contribution in [0.1, 0.15) is 31.7 Å². The van der Waals surface area contributed by atoms with Crippen LogP contribution in [0.3, 0.4) is 0 Å². The molecule has 1 saturated heterocycles. The van der Waals surface area contributed by atoms with E-state index in [-0.39, 0.29) is 10.6 Å². The van der Waals surface area contributed by atoms with Gasteiger partial charge in [-0.2, -0.15) is 0 Å². The van der Waals surface area contributed by atoms with Gasteiger partial charge in [-0.3, -0.25) is 0 Å². The van der Waals surface area contributed by atoms with Crippen molar-refractivity contribution in [1.29, 1.82) is 0 Å². The van der Waals surface area contributed by atoms with Gasteiger partial charge in [-0.25, -0.2) is 4.79 Å². The molecule has 0 unspecified atom stereocenters. The van der Waals surface area contributed by atoms with E-state index in [0.29, 0.717) is 9.37 Å². The highest BCUT2D eigenvalue weighted by Crippen LogP contribution is 2.20. The SMILES string of the molecule is [2H]C1([2H])N(C(=O)OC(C)(C)C)C([2H])([2H])C([2H])([2H])N(c2ccc(Br)cc2)C1([2H])[2H]. The van der Waals surface area contributed by atoms with Crippen molar-refractivity contribution in [1.82, 2.24) is 4.90 Å². The molecule has 5 heteroatoms. The van der Waals surface area contributed by atoms with Gasteiger partial charge >= 0.3 is 6.09 Å². The largest absolute Gasteiger partial charge is 0.444 e. The summed E-state index contributed by atoms with van der Waals surface area (Å²) < 4.78 is 71.9. The Bertz CT molecular complexity index is 736. The van der Waals surface area contributed by atoms with Gasteiger partial charge in [0.15, 0.2) is 0 Å². The number of carbonyl (C=O) groups is 1. The van der Waals surface area contributed by atoms with Crippen molar-refractivity contribution in [2.24, 2.45) is 0 Å². The summed E-state index contributed by atoms with van der Waals surface area (Å²) >= 11 is 3.20. The molecule has 1 aliphatic rings. The van der Waals surface area contributed by atoms with E-state index in [1.54, 1.807) is 0 Å². The molecule has 1 aliphatic heterocycles. The van der Waals surface area contributed by atoms with Crippen molar-refractivity contribution in [2.45, 2.75) is 26.4 Å². The number of hydrogen-bond donors (Lipinski definition) is 0. The van der Waals surface area contributed by atoms with Gasteiger partial charge in [-0.15, -0.1) is 0 Å². The number of piperazine rings is 1. The lowest BCUT2D eigenvalue weighted by molar-refractivity contribution is 0.0240. The molecule has 0 spiro atoms. The van der Waals surface area contributed by atoms with Crippen LogP contribution < -0.4 is 4.90 Å². The van der Waals surface area contributed by atoms with Crippen LogP contribution >= 0.6 is 15.9 Å². The standard InChI is InChI=1S/C15H21BrN2O2/c1-15(2,3)20-14(19)18-10-8-17(9-11-18)13-6-4-12(16)5-7-13/h4-7H,8-11H2,1-3H3/i8D2,9D2,10D2,11D2. The summed E-state index contributed by atoms with van der Waals surface area (Å²) in [6.07, 6.45) is -1.49. The van der Waals surface area contributed by atoms with Gasteiger partial charge < -0.3 is 14.5 Å². The first-order valence-electron chi connectivity index (χ1n) is 9.96. The van der Waals surface area contributed by atoms with Crippen molar-refractivity contribution >= 4 is 27.7 Å². The van der Waals surface area contributed by atoms with Gasteiger partial charge in [0.2, 0.25) is 0 Å². The van der Waals surface area contributed by atoms with E-state index in [2.05, 4.69) is 15.9 Å². The zero-order chi connectivity index (χ0) is 21.9. The minimum absolute atomic E-state index is 0.0882. The van der Waals surface area contributed by atoms with Gasteiger partial charge in [0.05, 0.1) is 11.0 Å². The average Bonchev–Trinajstić information content (AvgIpc) is 2.45. The summed E-state index contributed by atoms with van der Waals surface area (Å²) in [6.45, 7) is -8.35. The molecular weight excluding hydrogens is 320 g/mol. The van der Waals surface area contributed by atoms with E-state index in [1.165, 1.54) is 45.0 Å². The van der Waals surface area contributed by atoms with Crippen molar-refractivity contribution in [3.8, 4) is 0 Å².